The Bertz CT molecular complexity index is 1350. The van der Waals surface area contributed by atoms with Crippen LogP contribution in [0.25, 0.3) is 0 Å². The Kier molecular flexibility index (Phi) is 11.2. The molecule has 44 heavy (non-hydrogen) atoms. The Hall–Kier alpha value is -3.32. The molecule has 2 aromatic carbocycles. The van der Waals surface area contributed by atoms with E-state index in [1.54, 1.807) is 12.1 Å². The minimum Gasteiger partial charge on any atom is -0.488 e. The molecule has 1 unspecified atom stereocenters. The molecule has 238 valence electrons. The number of ether oxygens (including phenoxy) is 7. The van der Waals surface area contributed by atoms with Crippen molar-refractivity contribution in [2.45, 2.75) is 83.3 Å². The number of ketones is 1. The molecule has 0 bridgehead atoms. The number of benzene rings is 2. The SMILES string of the molecule is COC1(c2ccc(Br)c(Cc3ccc(O[C@@H]4CCOC4)cc3)c2)O[C@H](CC(C)=O)[C@@H](OC(C)=O)[C@H](OC(C)=O)[C@H]1OC(C)=O. The fourth-order valence-electron chi connectivity index (χ4n) is 5.52. The zero-order chi connectivity index (χ0) is 32.0. The molecule has 11 nitrogen and oxygen atoms in total. The minimum absolute atomic E-state index is 0.0423. The van der Waals surface area contributed by atoms with E-state index in [0.717, 1.165) is 27.8 Å². The number of carbonyl (C=O) groups is 4. The molecule has 0 radical (unpaired) electrons. The Labute approximate surface area is 264 Å². The van der Waals surface area contributed by atoms with Gasteiger partial charge in [-0.25, -0.2) is 0 Å². The van der Waals surface area contributed by atoms with Crippen molar-refractivity contribution >= 4 is 39.6 Å². The van der Waals surface area contributed by atoms with Crippen molar-refractivity contribution in [1.82, 2.24) is 0 Å². The lowest BCUT2D eigenvalue weighted by Gasteiger charge is -2.50. The summed E-state index contributed by atoms with van der Waals surface area (Å²) in [5.41, 5.74) is 2.27. The lowest BCUT2D eigenvalue weighted by molar-refractivity contribution is -0.364. The molecule has 2 saturated heterocycles. The van der Waals surface area contributed by atoms with Gasteiger partial charge >= 0.3 is 17.9 Å². The summed E-state index contributed by atoms with van der Waals surface area (Å²) < 4.78 is 41.5. The third-order valence-electron chi connectivity index (χ3n) is 7.34. The van der Waals surface area contributed by atoms with Crippen LogP contribution in [-0.2, 0) is 59.8 Å². The van der Waals surface area contributed by atoms with Gasteiger partial charge in [0, 0.05) is 50.8 Å². The predicted molar refractivity (Wildman–Crippen MR) is 159 cm³/mol. The van der Waals surface area contributed by atoms with Gasteiger partial charge in [-0.15, -0.1) is 0 Å². The Morgan fingerprint density at radius 1 is 0.909 bits per heavy atom. The van der Waals surface area contributed by atoms with Gasteiger partial charge < -0.3 is 33.2 Å². The smallest absolute Gasteiger partial charge is 0.303 e. The maximum Gasteiger partial charge on any atom is 0.303 e. The lowest BCUT2D eigenvalue weighted by Crippen LogP contribution is -2.66. The number of rotatable bonds is 11. The number of esters is 3. The first-order valence-electron chi connectivity index (χ1n) is 14.3. The van der Waals surface area contributed by atoms with Crippen LogP contribution in [0.1, 0.15) is 57.2 Å². The Balaban J connectivity index is 1.74. The van der Waals surface area contributed by atoms with Gasteiger partial charge in [0.15, 0.2) is 12.2 Å². The molecule has 6 atom stereocenters. The van der Waals surface area contributed by atoms with Crippen LogP contribution < -0.4 is 4.74 Å². The highest BCUT2D eigenvalue weighted by atomic mass is 79.9. The highest BCUT2D eigenvalue weighted by molar-refractivity contribution is 9.10. The first-order chi connectivity index (χ1) is 20.9. The van der Waals surface area contributed by atoms with Crippen molar-refractivity contribution in [3.63, 3.8) is 0 Å². The number of hydrogen-bond acceptors (Lipinski definition) is 11. The average molecular weight is 678 g/mol. The van der Waals surface area contributed by atoms with Crippen LogP contribution >= 0.6 is 15.9 Å². The quantitative estimate of drug-likeness (QED) is 0.251. The van der Waals surface area contributed by atoms with Gasteiger partial charge in [-0.05, 0) is 48.7 Å². The van der Waals surface area contributed by atoms with Gasteiger partial charge in [0.2, 0.25) is 11.9 Å². The maximum atomic E-state index is 12.4. The number of carbonyl (C=O) groups excluding carboxylic acids is 4. The lowest BCUT2D eigenvalue weighted by atomic mass is 9.85. The molecule has 12 heteroatoms. The van der Waals surface area contributed by atoms with Crippen LogP contribution in [0.4, 0.5) is 0 Å². The van der Waals surface area contributed by atoms with E-state index in [2.05, 4.69) is 15.9 Å². The molecule has 0 aliphatic carbocycles. The zero-order valence-corrected chi connectivity index (χ0v) is 26.9. The molecular formula is C32H37BrO11. The average Bonchev–Trinajstić information content (AvgIpc) is 3.46. The second kappa shape index (κ2) is 14.6. The van der Waals surface area contributed by atoms with E-state index in [1.165, 1.54) is 34.8 Å². The maximum absolute atomic E-state index is 12.4. The van der Waals surface area contributed by atoms with Gasteiger partial charge in [0.25, 0.3) is 0 Å². The summed E-state index contributed by atoms with van der Waals surface area (Å²) >= 11 is 3.63. The van der Waals surface area contributed by atoms with Crippen molar-refractivity contribution in [2.75, 3.05) is 20.3 Å². The molecule has 0 saturated carbocycles. The van der Waals surface area contributed by atoms with Gasteiger partial charge in [-0.1, -0.05) is 34.1 Å². The molecule has 2 aliphatic rings. The molecule has 0 N–H and O–H groups in total. The Morgan fingerprint density at radius 2 is 1.57 bits per heavy atom. The highest BCUT2D eigenvalue weighted by Gasteiger charge is 2.61. The van der Waals surface area contributed by atoms with Crippen LogP contribution in [0.15, 0.2) is 46.9 Å². The third kappa shape index (κ3) is 8.03. The highest BCUT2D eigenvalue weighted by Crippen LogP contribution is 2.45. The van der Waals surface area contributed by atoms with Crippen molar-refractivity contribution in [2.24, 2.45) is 0 Å². The Morgan fingerprint density at radius 3 is 2.14 bits per heavy atom. The summed E-state index contributed by atoms with van der Waals surface area (Å²) in [4.78, 5) is 49.1. The van der Waals surface area contributed by atoms with Crippen LogP contribution in [0, 0.1) is 0 Å². The normalized spacial score (nSPS) is 26.5. The summed E-state index contributed by atoms with van der Waals surface area (Å²) in [6, 6.07) is 13.1. The molecule has 2 fully saturated rings. The molecular weight excluding hydrogens is 640 g/mol. The van der Waals surface area contributed by atoms with Crippen molar-refractivity contribution < 1.29 is 52.3 Å². The van der Waals surface area contributed by atoms with Crippen LogP contribution in [0.5, 0.6) is 5.75 Å². The molecule has 0 amide bonds. The number of Topliss-reactive ketones (excluding diaryl/α,β-unsaturated/α-hetero) is 1. The zero-order valence-electron chi connectivity index (χ0n) is 25.3. The molecule has 0 aromatic heterocycles. The van der Waals surface area contributed by atoms with Crippen molar-refractivity contribution in [1.29, 1.82) is 0 Å². The predicted octanol–water partition coefficient (Wildman–Crippen LogP) is 4.18. The van der Waals surface area contributed by atoms with Crippen LogP contribution in [0.3, 0.4) is 0 Å². The van der Waals surface area contributed by atoms with Gasteiger partial charge in [0.05, 0.1) is 13.2 Å². The van der Waals surface area contributed by atoms with Gasteiger partial charge in [0.1, 0.15) is 23.7 Å². The fraction of sp³-hybridized carbons (Fsp3) is 0.500. The molecule has 0 spiro atoms. The largest absolute Gasteiger partial charge is 0.488 e. The topological polar surface area (TPSA) is 133 Å². The monoisotopic (exact) mass is 676 g/mol. The van der Waals surface area contributed by atoms with Crippen LogP contribution in [-0.4, -0.2) is 74.5 Å². The van der Waals surface area contributed by atoms with Gasteiger partial charge in [-0.3, -0.25) is 19.2 Å². The third-order valence-corrected chi connectivity index (χ3v) is 8.11. The standard InChI is InChI=1S/C32H37BrO11/c1-18(34)14-28-29(40-19(2)35)30(41-20(3)36)31(42-21(4)37)32(38-5,44-28)24-8-11-27(33)23(16-24)15-22-6-9-25(10-7-22)43-26-12-13-39-17-26/h6-11,16,26,28-31H,12-15,17H2,1-5H3/t26-,28-,29-,30+,31-,32?/m1/s1. The summed E-state index contributed by atoms with van der Waals surface area (Å²) in [5, 5.41) is 0. The number of halogens is 1. The van der Waals surface area contributed by atoms with E-state index < -0.39 is 48.1 Å². The van der Waals surface area contributed by atoms with E-state index in [4.69, 9.17) is 33.2 Å². The van der Waals surface area contributed by atoms with E-state index in [9.17, 15) is 19.2 Å². The summed E-state index contributed by atoms with van der Waals surface area (Å²) in [6.07, 6.45) is -3.93. The number of hydrogen-bond donors (Lipinski definition) is 0. The van der Waals surface area contributed by atoms with Crippen molar-refractivity contribution in [3.8, 4) is 5.75 Å². The van der Waals surface area contributed by atoms with E-state index in [0.29, 0.717) is 25.2 Å². The molecule has 4 rings (SSSR count). The van der Waals surface area contributed by atoms with Crippen molar-refractivity contribution in [3.05, 3.63) is 63.6 Å². The first-order valence-corrected chi connectivity index (χ1v) is 15.1. The molecule has 2 aliphatic heterocycles. The fourth-order valence-corrected chi connectivity index (χ4v) is 5.91. The summed E-state index contributed by atoms with van der Waals surface area (Å²) in [6.45, 7) is 6.17. The van der Waals surface area contributed by atoms with E-state index in [1.807, 2.05) is 30.3 Å². The second-order valence-electron chi connectivity index (χ2n) is 10.8. The molecule has 2 aromatic rings. The van der Waals surface area contributed by atoms with E-state index in [-0.39, 0.29) is 18.3 Å². The van der Waals surface area contributed by atoms with Crippen LogP contribution in [0.2, 0.25) is 0 Å². The summed E-state index contributed by atoms with van der Waals surface area (Å²) in [7, 11) is 1.36. The minimum atomic E-state index is -1.85. The van der Waals surface area contributed by atoms with Gasteiger partial charge in [-0.2, -0.15) is 0 Å². The summed E-state index contributed by atoms with van der Waals surface area (Å²) in [5.74, 6) is -3.50. The molecule has 2 heterocycles. The second-order valence-corrected chi connectivity index (χ2v) is 11.7. The first kappa shape index (κ1) is 33.6. The number of methoxy groups -OCH3 is 1. The van der Waals surface area contributed by atoms with E-state index >= 15 is 0 Å².